The molecule has 1 aromatic heterocycles. The molecule has 0 N–H and O–H groups in total. The molecule has 2 atom stereocenters. The fraction of sp³-hybridized carbons (Fsp3) is 0.231. The first-order valence-electron chi connectivity index (χ1n) is 10.5. The van der Waals surface area contributed by atoms with Gasteiger partial charge in [0.05, 0.1) is 18.7 Å². The van der Waals surface area contributed by atoms with Gasteiger partial charge in [-0.25, -0.2) is 4.79 Å². The molecule has 5 nitrogen and oxygen atoms in total. The number of para-hydroxylation sites is 1. The van der Waals surface area contributed by atoms with Crippen LogP contribution >= 0.6 is 0 Å². The Morgan fingerprint density at radius 2 is 1.90 bits per heavy atom. The number of carbonyl (C=O) groups is 2. The molecule has 0 radical (unpaired) electrons. The lowest BCUT2D eigenvalue weighted by molar-refractivity contribution is -0.134. The van der Waals surface area contributed by atoms with Crippen molar-refractivity contribution in [3.8, 4) is 0 Å². The molecule has 0 spiro atoms. The zero-order chi connectivity index (χ0) is 21.4. The molecule has 0 unspecified atom stereocenters. The molecule has 0 aliphatic carbocycles. The molecule has 2 aromatic carbocycles. The summed E-state index contributed by atoms with van der Waals surface area (Å²) in [6.45, 7) is 0.726. The summed E-state index contributed by atoms with van der Waals surface area (Å²) in [4.78, 5) is 27.3. The lowest BCUT2D eigenvalue weighted by Crippen LogP contribution is -2.30. The van der Waals surface area contributed by atoms with Crippen LogP contribution in [0.5, 0.6) is 0 Å². The second-order valence-electron chi connectivity index (χ2n) is 8.15. The molecule has 2 aliphatic heterocycles. The van der Waals surface area contributed by atoms with Gasteiger partial charge in [0.1, 0.15) is 0 Å². The number of fused-ring (bicyclic) bond motifs is 6. The van der Waals surface area contributed by atoms with Crippen molar-refractivity contribution in [2.24, 2.45) is 5.92 Å². The fourth-order valence-electron chi connectivity index (χ4n) is 4.78. The van der Waals surface area contributed by atoms with E-state index in [1.54, 1.807) is 6.08 Å². The summed E-state index contributed by atoms with van der Waals surface area (Å²) in [7, 11) is 1.37. The Hall–Kier alpha value is -3.60. The number of aromatic nitrogens is 1. The second kappa shape index (κ2) is 7.91. The van der Waals surface area contributed by atoms with Crippen LogP contribution in [-0.4, -0.2) is 28.5 Å². The molecule has 0 fully saturated rings. The van der Waals surface area contributed by atoms with Crippen molar-refractivity contribution in [3.05, 3.63) is 95.8 Å². The standard InChI is InChI=1S/C26H24N2O3/c1-31-26(30)12-11-20-17-27(16-18-7-3-2-4-8-18)23-14-21(20)15-25(29)28-22-10-6-5-9-19(22)13-24(23)28/h2-13,17,21,23H,14-16H2,1H3/b12-11+/t21-,23+/m0/s1. The zero-order valence-corrected chi connectivity index (χ0v) is 17.4. The third-order valence-corrected chi connectivity index (χ3v) is 6.27. The maximum atomic E-state index is 13.3. The number of nitrogens with zero attached hydrogens (tertiary/aromatic N) is 2. The summed E-state index contributed by atoms with van der Waals surface area (Å²) in [5, 5.41) is 1.09. The molecule has 3 heterocycles. The van der Waals surface area contributed by atoms with Crippen LogP contribution in [-0.2, 0) is 16.1 Å². The molecular formula is C26H24N2O3. The highest BCUT2D eigenvalue weighted by Gasteiger charge is 2.37. The molecule has 5 heteroatoms. The van der Waals surface area contributed by atoms with Gasteiger partial charge in [0.15, 0.2) is 0 Å². The highest BCUT2D eigenvalue weighted by molar-refractivity contribution is 5.94. The van der Waals surface area contributed by atoms with Crippen LogP contribution in [0.25, 0.3) is 10.9 Å². The van der Waals surface area contributed by atoms with Crippen LogP contribution in [0, 0.1) is 5.92 Å². The molecule has 156 valence electrons. The predicted molar refractivity (Wildman–Crippen MR) is 119 cm³/mol. The minimum absolute atomic E-state index is 0.0593. The van der Waals surface area contributed by atoms with Gasteiger partial charge in [-0.2, -0.15) is 0 Å². The SMILES string of the molecule is COC(=O)/C=C/C1=CN(Cc2ccccc2)[C@@H]2C[C@H]1CC(=O)n1c2cc2ccccc21. The monoisotopic (exact) mass is 412 g/mol. The average molecular weight is 412 g/mol. The van der Waals surface area contributed by atoms with E-state index in [0.717, 1.165) is 35.1 Å². The van der Waals surface area contributed by atoms with E-state index in [9.17, 15) is 9.59 Å². The Labute approximate surface area is 181 Å². The van der Waals surface area contributed by atoms with Crippen LogP contribution in [0.2, 0.25) is 0 Å². The average Bonchev–Trinajstić information content (AvgIpc) is 3.13. The second-order valence-corrected chi connectivity index (χ2v) is 8.15. The van der Waals surface area contributed by atoms with Crippen LogP contribution in [0.15, 0.2) is 84.6 Å². The summed E-state index contributed by atoms with van der Waals surface area (Å²) in [5.74, 6) is -0.235. The molecule has 3 aromatic rings. The van der Waals surface area contributed by atoms with E-state index in [1.807, 2.05) is 41.0 Å². The molecule has 0 saturated carbocycles. The van der Waals surface area contributed by atoms with Gasteiger partial charge >= 0.3 is 5.97 Å². The number of hydrogen-bond donors (Lipinski definition) is 0. The first-order valence-corrected chi connectivity index (χ1v) is 10.5. The summed E-state index contributed by atoms with van der Waals surface area (Å²) in [5.41, 5.74) is 4.19. The van der Waals surface area contributed by atoms with Gasteiger partial charge in [-0.1, -0.05) is 54.6 Å². The van der Waals surface area contributed by atoms with Crippen LogP contribution in [0.3, 0.4) is 0 Å². The number of rotatable bonds is 4. The van der Waals surface area contributed by atoms with Crippen molar-refractivity contribution < 1.29 is 14.3 Å². The van der Waals surface area contributed by atoms with Gasteiger partial charge in [-0.05, 0) is 35.6 Å². The molecule has 2 bridgehead atoms. The fourth-order valence-corrected chi connectivity index (χ4v) is 4.78. The minimum Gasteiger partial charge on any atom is -0.466 e. The van der Waals surface area contributed by atoms with Crippen molar-refractivity contribution in [1.82, 2.24) is 9.47 Å². The zero-order valence-electron chi connectivity index (χ0n) is 17.4. The Balaban J connectivity index is 1.61. The predicted octanol–water partition coefficient (Wildman–Crippen LogP) is 4.86. The number of ether oxygens (including phenoxy) is 1. The number of allylic oxidation sites excluding steroid dienone is 2. The number of esters is 1. The van der Waals surface area contributed by atoms with Gasteiger partial charge < -0.3 is 9.64 Å². The van der Waals surface area contributed by atoms with E-state index in [2.05, 4.69) is 35.4 Å². The summed E-state index contributed by atoms with van der Waals surface area (Å²) in [6.07, 6.45) is 6.60. The van der Waals surface area contributed by atoms with Crippen LogP contribution in [0.1, 0.15) is 34.9 Å². The summed E-state index contributed by atoms with van der Waals surface area (Å²) < 4.78 is 6.66. The van der Waals surface area contributed by atoms with E-state index < -0.39 is 5.97 Å². The summed E-state index contributed by atoms with van der Waals surface area (Å²) >= 11 is 0. The maximum Gasteiger partial charge on any atom is 0.330 e. The number of methoxy groups -OCH3 is 1. The van der Waals surface area contributed by atoms with Gasteiger partial charge in [0.25, 0.3) is 0 Å². The molecule has 31 heavy (non-hydrogen) atoms. The van der Waals surface area contributed by atoms with E-state index in [0.29, 0.717) is 6.42 Å². The number of benzene rings is 2. The summed E-state index contributed by atoms with van der Waals surface area (Å²) in [6, 6.07) is 20.6. The van der Waals surface area contributed by atoms with Gasteiger partial charge in [-0.15, -0.1) is 0 Å². The lowest BCUT2D eigenvalue weighted by atomic mass is 9.85. The lowest BCUT2D eigenvalue weighted by Gasteiger charge is -2.37. The van der Waals surface area contributed by atoms with Crippen molar-refractivity contribution >= 4 is 22.8 Å². The van der Waals surface area contributed by atoms with E-state index in [-0.39, 0.29) is 17.9 Å². The highest BCUT2D eigenvalue weighted by atomic mass is 16.5. The van der Waals surface area contributed by atoms with Crippen molar-refractivity contribution in [2.75, 3.05) is 7.11 Å². The molecule has 2 aliphatic rings. The Kier molecular flexibility index (Phi) is 4.94. The number of hydrogen-bond acceptors (Lipinski definition) is 4. The topological polar surface area (TPSA) is 51.5 Å². The maximum absolute atomic E-state index is 13.3. The van der Waals surface area contributed by atoms with Crippen molar-refractivity contribution in [2.45, 2.75) is 25.4 Å². The molecule has 0 amide bonds. The van der Waals surface area contributed by atoms with Gasteiger partial charge in [-0.3, -0.25) is 9.36 Å². The quantitative estimate of drug-likeness (QED) is 0.454. The van der Waals surface area contributed by atoms with E-state index >= 15 is 0 Å². The van der Waals surface area contributed by atoms with Crippen molar-refractivity contribution in [1.29, 1.82) is 0 Å². The minimum atomic E-state index is -0.394. The molecular weight excluding hydrogens is 388 g/mol. The number of carbonyl (C=O) groups excluding carboxylic acids is 2. The normalized spacial score (nSPS) is 20.5. The first-order chi connectivity index (χ1) is 15.1. The third kappa shape index (κ3) is 3.56. The molecule has 0 saturated heterocycles. The van der Waals surface area contributed by atoms with Crippen LogP contribution < -0.4 is 0 Å². The smallest absolute Gasteiger partial charge is 0.330 e. The third-order valence-electron chi connectivity index (χ3n) is 6.27. The Morgan fingerprint density at radius 3 is 2.71 bits per heavy atom. The molecule has 5 rings (SSSR count). The van der Waals surface area contributed by atoms with Gasteiger partial charge in [0.2, 0.25) is 5.91 Å². The van der Waals surface area contributed by atoms with E-state index in [4.69, 9.17) is 4.74 Å². The first kappa shape index (κ1) is 19.4. The van der Waals surface area contributed by atoms with Gasteiger partial charge in [0, 0.05) is 36.3 Å². The highest BCUT2D eigenvalue weighted by Crippen LogP contribution is 2.43. The van der Waals surface area contributed by atoms with Crippen molar-refractivity contribution in [3.63, 3.8) is 0 Å². The largest absolute Gasteiger partial charge is 0.466 e. The van der Waals surface area contributed by atoms with E-state index in [1.165, 1.54) is 18.7 Å². The Morgan fingerprint density at radius 1 is 1.13 bits per heavy atom. The Bertz CT molecular complexity index is 1210. The van der Waals surface area contributed by atoms with Crippen LogP contribution in [0.4, 0.5) is 0 Å².